The number of aromatic nitrogens is 1. The predicted molar refractivity (Wildman–Crippen MR) is 102 cm³/mol. The van der Waals surface area contributed by atoms with E-state index in [4.69, 9.17) is 0 Å². The maximum absolute atomic E-state index is 13.6. The Morgan fingerprint density at radius 1 is 1.19 bits per heavy atom. The summed E-state index contributed by atoms with van der Waals surface area (Å²) in [4.78, 5) is 17.7. The zero-order valence-electron chi connectivity index (χ0n) is 14.4. The molecule has 1 amide bonds. The lowest BCUT2D eigenvalue weighted by atomic mass is 9.96. The van der Waals surface area contributed by atoms with Crippen molar-refractivity contribution in [3.8, 4) is 0 Å². The van der Waals surface area contributed by atoms with E-state index in [2.05, 4.69) is 36.8 Å². The number of pyridine rings is 1. The van der Waals surface area contributed by atoms with Crippen molar-refractivity contribution in [3.63, 3.8) is 0 Å². The molecule has 1 heterocycles. The molecule has 0 fully saturated rings. The first kappa shape index (κ1) is 20.8. The Bertz CT molecular complexity index is 805. The number of amides is 1. The lowest BCUT2D eigenvalue weighted by Crippen LogP contribution is -2.48. The molecule has 140 valence electrons. The molecule has 26 heavy (non-hydrogen) atoms. The summed E-state index contributed by atoms with van der Waals surface area (Å²) in [5.74, 6) is -1.42. The van der Waals surface area contributed by atoms with Gasteiger partial charge in [0, 0.05) is 16.1 Å². The largest absolute Gasteiger partial charge is 0.465 e. The molecule has 1 aromatic heterocycles. The SMILES string of the molecule is CC(C)(C)N(C(=O)O)[C@@H](Cc1cc(F)cc(F)c1)c1nc(Br)ccc1Br. The lowest BCUT2D eigenvalue weighted by molar-refractivity contribution is 0.0679. The minimum atomic E-state index is -1.15. The lowest BCUT2D eigenvalue weighted by Gasteiger charge is -2.39. The zero-order chi connectivity index (χ0) is 19.6. The predicted octanol–water partition coefficient (Wildman–Crippen LogP) is 5.95. The second-order valence-electron chi connectivity index (χ2n) is 6.82. The second-order valence-corrected chi connectivity index (χ2v) is 8.49. The van der Waals surface area contributed by atoms with Gasteiger partial charge in [-0.15, -0.1) is 0 Å². The van der Waals surface area contributed by atoms with Gasteiger partial charge in [-0.25, -0.2) is 18.6 Å². The summed E-state index contributed by atoms with van der Waals surface area (Å²) in [5.41, 5.74) is 0.0456. The maximum atomic E-state index is 13.6. The number of nitrogens with zero attached hydrogens (tertiary/aromatic N) is 2. The van der Waals surface area contributed by atoms with Crippen molar-refractivity contribution in [2.75, 3.05) is 0 Å². The summed E-state index contributed by atoms with van der Waals surface area (Å²) >= 11 is 6.70. The molecule has 2 aromatic rings. The molecule has 8 heteroatoms. The highest BCUT2D eigenvalue weighted by atomic mass is 79.9. The van der Waals surface area contributed by atoms with Crippen LogP contribution in [-0.4, -0.2) is 26.6 Å². The molecular formula is C18H18Br2F2N2O2. The summed E-state index contributed by atoms with van der Waals surface area (Å²) in [7, 11) is 0. The molecule has 1 aromatic carbocycles. The van der Waals surface area contributed by atoms with Crippen LogP contribution >= 0.6 is 31.9 Å². The minimum Gasteiger partial charge on any atom is -0.465 e. The van der Waals surface area contributed by atoms with Crippen molar-refractivity contribution >= 4 is 38.0 Å². The Morgan fingerprint density at radius 3 is 2.27 bits per heavy atom. The summed E-state index contributed by atoms with van der Waals surface area (Å²) in [5, 5.41) is 9.81. The Hall–Kier alpha value is -1.54. The Morgan fingerprint density at radius 2 is 1.77 bits per heavy atom. The molecule has 0 aliphatic rings. The van der Waals surface area contributed by atoms with Crippen molar-refractivity contribution in [1.29, 1.82) is 0 Å². The van der Waals surface area contributed by atoms with Crippen LogP contribution in [0.25, 0.3) is 0 Å². The molecule has 0 bridgehead atoms. The third kappa shape index (κ3) is 5.01. The molecular weight excluding hydrogens is 474 g/mol. The van der Waals surface area contributed by atoms with E-state index in [1.54, 1.807) is 32.9 Å². The van der Waals surface area contributed by atoms with Crippen molar-refractivity contribution in [2.45, 2.75) is 38.8 Å². The zero-order valence-corrected chi connectivity index (χ0v) is 17.6. The van der Waals surface area contributed by atoms with Crippen LogP contribution in [0.1, 0.15) is 38.1 Å². The fourth-order valence-corrected chi connectivity index (χ4v) is 3.63. The molecule has 0 unspecified atom stereocenters. The van der Waals surface area contributed by atoms with Gasteiger partial charge < -0.3 is 5.11 Å². The van der Waals surface area contributed by atoms with E-state index in [9.17, 15) is 18.7 Å². The summed E-state index contributed by atoms with van der Waals surface area (Å²) in [6, 6.07) is 5.89. The van der Waals surface area contributed by atoms with Gasteiger partial charge in [0.15, 0.2) is 0 Å². The molecule has 0 saturated carbocycles. The van der Waals surface area contributed by atoms with Gasteiger partial charge in [0.2, 0.25) is 0 Å². The highest BCUT2D eigenvalue weighted by molar-refractivity contribution is 9.11. The van der Waals surface area contributed by atoms with E-state index in [-0.39, 0.29) is 6.42 Å². The summed E-state index contributed by atoms with van der Waals surface area (Å²) in [6.45, 7) is 5.27. The normalized spacial score (nSPS) is 12.7. The maximum Gasteiger partial charge on any atom is 0.408 e. The van der Waals surface area contributed by atoms with Gasteiger partial charge in [-0.1, -0.05) is 0 Å². The first-order valence-corrected chi connectivity index (χ1v) is 9.37. The van der Waals surface area contributed by atoms with Gasteiger partial charge in [0.25, 0.3) is 0 Å². The molecule has 0 saturated heterocycles. The van der Waals surface area contributed by atoms with Crippen LogP contribution in [0.15, 0.2) is 39.4 Å². The van der Waals surface area contributed by atoms with Crippen LogP contribution in [0.4, 0.5) is 13.6 Å². The number of hydrogen-bond acceptors (Lipinski definition) is 2. The minimum absolute atomic E-state index is 0.0697. The Balaban J connectivity index is 2.61. The van der Waals surface area contributed by atoms with E-state index in [0.717, 1.165) is 6.07 Å². The van der Waals surface area contributed by atoms with Crippen LogP contribution in [0, 0.1) is 11.6 Å². The molecule has 0 aliphatic carbocycles. The van der Waals surface area contributed by atoms with Gasteiger partial charge in [0.05, 0.1) is 11.7 Å². The van der Waals surface area contributed by atoms with Crippen molar-refractivity contribution < 1.29 is 18.7 Å². The smallest absolute Gasteiger partial charge is 0.408 e. The van der Waals surface area contributed by atoms with E-state index in [0.29, 0.717) is 20.3 Å². The highest BCUT2D eigenvalue weighted by Gasteiger charge is 2.36. The third-order valence-corrected chi connectivity index (χ3v) is 4.86. The molecule has 0 radical (unpaired) electrons. The van der Waals surface area contributed by atoms with Crippen LogP contribution in [0.2, 0.25) is 0 Å². The van der Waals surface area contributed by atoms with Crippen LogP contribution in [-0.2, 0) is 6.42 Å². The van der Waals surface area contributed by atoms with E-state index in [1.165, 1.54) is 17.0 Å². The van der Waals surface area contributed by atoms with Crippen molar-refractivity contribution in [3.05, 3.63) is 62.3 Å². The monoisotopic (exact) mass is 490 g/mol. The van der Waals surface area contributed by atoms with E-state index in [1.807, 2.05) is 0 Å². The average Bonchev–Trinajstić information content (AvgIpc) is 2.46. The number of hydrogen-bond donors (Lipinski definition) is 1. The molecule has 1 atom stereocenters. The third-order valence-electron chi connectivity index (χ3n) is 3.75. The van der Waals surface area contributed by atoms with Gasteiger partial charge in [-0.05, 0) is 88.9 Å². The number of rotatable bonds is 4. The number of benzene rings is 1. The molecule has 2 rings (SSSR count). The first-order valence-electron chi connectivity index (χ1n) is 7.78. The van der Waals surface area contributed by atoms with Gasteiger partial charge in [-0.2, -0.15) is 0 Å². The quantitative estimate of drug-likeness (QED) is 0.538. The van der Waals surface area contributed by atoms with Gasteiger partial charge in [-0.3, -0.25) is 4.90 Å². The second kappa shape index (κ2) is 8.00. The fourth-order valence-electron chi connectivity index (χ4n) is 2.82. The molecule has 0 spiro atoms. The van der Waals surface area contributed by atoms with Crippen molar-refractivity contribution in [2.24, 2.45) is 0 Å². The van der Waals surface area contributed by atoms with E-state index < -0.39 is 29.3 Å². The Kier molecular flexibility index (Phi) is 6.39. The Labute approximate surface area is 167 Å². The summed E-state index contributed by atoms with van der Waals surface area (Å²) in [6.07, 6.45) is -1.08. The van der Waals surface area contributed by atoms with Crippen LogP contribution in [0.5, 0.6) is 0 Å². The number of carboxylic acid groups (broad SMARTS) is 1. The standard InChI is InChI=1S/C18H18Br2F2N2O2/c1-18(2,3)24(17(25)26)14(16-13(19)4-5-15(20)23-16)8-10-6-11(21)9-12(22)7-10/h4-7,9,14H,8H2,1-3H3,(H,25,26)/t14-/m0/s1. The fraction of sp³-hybridized carbons (Fsp3) is 0.333. The van der Waals surface area contributed by atoms with E-state index >= 15 is 0 Å². The molecule has 1 N–H and O–H groups in total. The van der Waals surface area contributed by atoms with Crippen LogP contribution in [0.3, 0.4) is 0 Å². The highest BCUT2D eigenvalue weighted by Crippen LogP contribution is 2.35. The number of carbonyl (C=O) groups is 1. The summed E-state index contributed by atoms with van der Waals surface area (Å²) < 4.78 is 28.4. The average molecular weight is 492 g/mol. The van der Waals surface area contributed by atoms with Gasteiger partial charge in [0.1, 0.15) is 16.2 Å². The molecule has 0 aliphatic heterocycles. The van der Waals surface area contributed by atoms with Gasteiger partial charge >= 0.3 is 6.09 Å². The topological polar surface area (TPSA) is 53.4 Å². The number of halogens is 4. The molecule has 4 nitrogen and oxygen atoms in total. The van der Waals surface area contributed by atoms with Crippen LogP contribution < -0.4 is 0 Å². The van der Waals surface area contributed by atoms with Crippen molar-refractivity contribution in [1.82, 2.24) is 9.88 Å². The first-order chi connectivity index (χ1) is 12.0.